The summed E-state index contributed by atoms with van der Waals surface area (Å²) in [7, 11) is 0. The number of aryl methyl sites for hydroxylation is 1. The van der Waals surface area contributed by atoms with Crippen LogP contribution in [0.5, 0.6) is 0 Å². The topological polar surface area (TPSA) is 53.4 Å². The van der Waals surface area contributed by atoms with Gasteiger partial charge >= 0.3 is 5.97 Å². The van der Waals surface area contributed by atoms with E-state index in [4.69, 9.17) is 0 Å². The highest BCUT2D eigenvalue weighted by molar-refractivity contribution is 5.88. The molecule has 19 heavy (non-hydrogen) atoms. The van der Waals surface area contributed by atoms with Crippen LogP contribution < -0.4 is 4.90 Å². The molecule has 0 amide bonds. The van der Waals surface area contributed by atoms with Crippen molar-refractivity contribution in [3.05, 3.63) is 23.4 Å². The van der Waals surface area contributed by atoms with E-state index >= 15 is 0 Å². The second-order valence-corrected chi connectivity index (χ2v) is 5.24. The van der Waals surface area contributed by atoms with E-state index in [1.54, 1.807) is 12.1 Å². The lowest BCUT2D eigenvalue weighted by atomic mass is 10.1. The third-order valence-corrected chi connectivity index (χ3v) is 3.50. The average molecular weight is 262 g/mol. The van der Waals surface area contributed by atoms with Crippen LogP contribution in [-0.2, 0) is 6.42 Å². The lowest BCUT2D eigenvalue weighted by molar-refractivity contribution is 0.0696. The largest absolute Gasteiger partial charge is 0.478 e. The van der Waals surface area contributed by atoms with E-state index in [-0.39, 0.29) is 0 Å². The minimum atomic E-state index is -0.872. The molecule has 0 unspecified atom stereocenters. The number of hydrogen-bond donors (Lipinski definition) is 1. The number of anilines is 1. The van der Waals surface area contributed by atoms with E-state index in [1.165, 1.54) is 12.8 Å². The summed E-state index contributed by atoms with van der Waals surface area (Å²) in [5.74, 6) is 0.714. The first-order valence-corrected chi connectivity index (χ1v) is 7.13. The molecular weight excluding hydrogens is 240 g/mol. The van der Waals surface area contributed by atoms with Crippen molar-refractivity contribution in [3.8, 4) is 0 Å². The van der Waals surface area contributed by atoms with Gasteiger partial charge in [-0.2, -0.15) is 0 Å². The summed E-state index contributed by atoms with van der Waals surface area (Å²) in [6.07, 6.45) is 4.38. The first-order valence-electron chi connectivity index (χ1n) is 7.13. The molecule has 0 saturated heterocycles. The Balaban J connectivity index is 2.27. The number of carboxylic acids is 1. The predicted molar refractivity (Wildman–Crippen MR) is 75.8 cm³/mol. The zero-order valence-corrected chi connectivity index (χ0v) is 11.7. The van der Waals surface area contributed by atoms with Gasteiger partial charge in [-0.3, -0.25) is 0 Å². The second kappa shape index (κ2) is 6.04. The van der Waals surface area contributed by atoms with Crippen molar-refractivity contribution in [2.45, 2.75) is 39.5 Å². The van der Waals surface area contributed by atoms with Crippen LogP contribution in [0.3, 0.4) is 0 Å². The number of aromatic nitrogens is 1. The van der Waals surface area contributed by atoms with E-state index in [9.17, 15) is 9.90 Å². The van der Waals surface area contributed by atoms with Crippen LogP contribution in [0.2, 0.25) is 0 Å². The maximum absolute atomic E-state index is 11.2. The first kappa shape index (κ1) is 13.8. The molecule has 1 saturated carbocycles. The van der Waals surface area contributed by atoms with Gasteiger partial charge in [0.2, 0.25) is 0 Å². The Hall–Kier alpha value is -1.58. The summed E-state index contributed by atoms with van der Waals surface area (Å²) in [4.78, 5) is 18.0. The number of pyridine rings is 1. The molecule has 0 aromatic carbocycles. The van der Waals surface area contributed by atoms with Crippen molar-refractivity contribution < 1.29 is 9.90 Å². The van der Waals surface area contributed by atoms with Crippen LogP contribution in [0.15, 0.2) is 12.1 Å². The second-order valence-electron chi connectivity index (χ2n) is 5.24. The van der Waals surface area contributed by atoms with Crippen molar-refractivity contribution in [1.29, 1.82) is 0 Å². The minimum Gasteiger partial charge on any atom is -0.478 e. The lowest BCUT2D eigenvalue weighted by Gasteiger charge is -2.22. The predicted octanol–water partition coefficient (Wildman–Crippen LogP) is 2.97. The molecule has 0 radical (unpaired) electrons. The van der Waals surface area contributed by atoms with Crippen LogP contribution in [-0.4, -0.2) is 29.1 Å². The fraction of sp³-hybridized carbons (Fsp3) is 0.600. The molecule has 1 N–H and O–H groups in total. The van der Waals surface area contributed by atoms with Gasteiger partial charge in [0.15, 0.2) is 0 Å². The molecule has 104 valence electrons. The monoisotopic (exact) mass is 262 g/mol. The zero-order valence-electron chi connectivity index (χ0n) is 11.7. The highest BCUT2D eigenvalue weighted by atomic mass is 16.4. The number of carboxylic acid groups (broad SMARTS) is 1. The van der Waals surface area contributed by atoms with Crippen LogP contribution >= 0.6 is 0 Å². The molecule has 1 aromatic heterocycles. The number of carbonyl (C=O) groups is 1. The Morgan fingerprint density at radius 2 is 2.16 bits per heavy atom. The molecule has 0 atom stereocenters. The molecule has 0 spiro atoms. The standard InChI is InChI=1S/C15H22N2O2/c1-3-5-13-8-12(15(18)19)9-14(16-13)17(4-2)10-11-6-7-11/h8-9,11H,3-7,10H2,1-2H3,(H,18,19). The third-order valence-electron chi connectivity index (χ3n) is 3.50. The summed E-state index contributed by atoms with van der Waals surface area (Å²) in [5, 5.41) is 9.20. The van der Waals surface area contributed by atoms with E-state index in [0.717, 1.165) is 43.4 Å². The number of rotatable bonds is 7. The van der Waals surface area contributed by atoms with Crippen molar-refractivity contribution in [3.63, 3.8) is 0 Å². The smallest absolute Gasteiger partial charge is 0.335 e. The molecule has 1 aromatic rings. The Kier molecular flexibility index (Phi) is 4.40. The quantitative estimate of drug-likeness (QED) is 0.820. The SMILES string of the molecule is CCCc1cc(C(=O)O)cc(N(CC)CC2CC2)n1. The minimum absolute atomic E-state index is 0.350. The van der Waals surface area contributed by atoms with Gasteiger partial charge in [-0.05, 0) is 44.2 Å². The maximum atomic E-state index is 11.2. The molecule has 4 nitrogen and oxygen atoms in total. The summed E-state index contributed by atoms with van der Waals surface area (Å²) in [6.45, 7) is 6.05. The van der Waals surface area contributed by atoms with Gasteiger partial charge in [0.25, 0.3) is 0 Å². The zero-order chi connectivity index (χ0) is 13.8. The number of aromatic carboxylic acids is 1. The summed E-state index contributed by atoms with van der Waals surface area (Å²) in [5.41, 5.74) is 1.23. The van der Waals surface area contributed by atoms with Crippen LogP contribution in [0.4, 0.5) is 5.82 Å². The van der Waals surface area contributed by atoms with Crippen molar-refractivity contribution in [2.24, 2.45) is 5.92 Å². The molecular formula is C15H22N2O2. The highest BCUT2D eigenvalue weighted by Crippen LogP contribution is 2.31. The van der Waals surface area contributed by atoms with Gasteiger partial charge in [0.1, 0.15) is 5.82 Å². The maximum Gasteiger partial charge on any atom is 0.335 e. The van der Waals surface area contributed by atoms with Crippen molar-refractivity contribution in [1.82, 2.24) is 4.98 Å². The Labute approximate surface area is 114 Å². The van der Waals surface area contributed by atoms with E-state index in [2.05, 4.69) is 23.7 Å². The molecule has 4 heteroatoms. The fourth-order valence-corrected chi connectivity index (χ4v) is 2.24. The number of hydrogen-bond acceptors (Lipinski definition) is 3. The number of nitrogens with zero attached hydrogens (tertiary/aromatic N) is 2. The average Bonchev–Trinajstić information content (AvgIpc) is 3.19. The van der Waals surface area contributed by atoms with E-state index < -0.39 is 5.97 Å². The summed E-state index contributed by atoms with van der Waals surface area (Å²) >= 11 is 0. The van der Waals surface area contributed by atoms with Crippen LogP contribution in [0, 0.1) is 5.92 Å². The highest BCUT2D eigenvalue weighted by Gasteiger charge is 2.24. The summed E-state index contributed by atoms with van der Waals surface area (Å²) < 4.78 is 0. The molecule has 0 aliphatic heterocycles. The Morgan fingerprint density at radius 3 is 2.68 bits per heavy atom. The van der Waals surface area contributed by atoms with Gasteiger partial charge in [-0.1, -0.05) is 13.3 Å². The Morgan fingerprint density at radius 1 is 1.42 bits per heavy atom. The van der Waals surface area contributed by atoms with E-state index in [1.807, 2.05) is 0 Å². The molecule has 0 bridgehead atoms. The Bertz CT molecular complexity index is 455. The van der Waals surface area contributed by atoms with Gasteiger partial charge in [0, 0.05) is 18.8 Å². The molecule has 2 rings (SSSR count). The lowest BCUT2D eigenvalue weighted by Crippen LogP contribution is -2.26. The van der Waals surface area contributed by atoms with Gasteiger partial charge in [-0.15, -0.1) is 0 Å². The van der Waals surface area contributed by atoms with Gasteiger partial charge < -0.3 is 10.0 Å². The molecule has 1 aliphatic rings. The summed E-state index contributed by atoms with van der Waals surface area (Å²) in [6, 6.07) is 3.40. The molecule has 1 aliphatic carbocycles. The third kappa shape index (κ3) is 3.69. The van der Waals surface area contributed by atoms with E-state index in [0.29, 0.717) is 5.56 Å². The molecule has 1 fully saturated rings. The van der Waals surface area contributed by atoms with Gasteiger partial charge in [0.05, 0.1) is 5.56 Å². The van der Waals surface area contributed by atoms with Crippen LogP contribution in [0.1, 0.15) is 49.2 Å². The normalized spacial score (nSPS) is 14.4. The van der Waals surface area contributed by atoms with Crippen molar-refractivity contribution in [2.75, 3.05) is 18.0 Å². The van der Waals surface area contributed by atoms with Gasteiger partial charge in [-0.25, -0.2) is 9.78 Å². The van der Waals surface area contributed by atoms with Crippen molar-refractivity contribution >= 4 is 11.8 Å². The van der Waals surface area contributed by atoms with Crippen LogP contribution in [0.25, 0.3) is 0 Å². The molecule has 1 heterocycles. The first-order chi connectivity index (χ1) is 9.13. The fourth-order valence-electron chi connectivity index (χ4n) is 2.24.